The summed E-state index contributed by atoms with van der Waals surface area (Å²) in [7, 11) is 0. The summed E-state index contributed by atoms with van der Waals surface area (Å²) in [6.07, 6.45) is 5.71. The lowest BCUT2D eigenvalue weighted by Crippen LogP contribution is -2.12. The van der Waals surface area contributed by atoms with Gasteiger partial charge in [-0.25, -0.2) is 0 Å². The van der Waals surface area contributed by atoms with E-state index in [-0.39, 0.29) is 0 Å². The minimum absolute atomic E-state index is 0.422. The van der Waals surface area contributed by atoms with Crippen LogP contribution in [0.4, 0.5) is 11.4 Å². The van der Waals surface area contributed by atoms with Gasteiger partial charge in [0.25, 0.3) is 0 Å². The molecule has 1 aromatic carbocycles. The van der Waals surface area contributed by atoms with E-state index in [4.69, 9.17) is 10.5 Å². The van der Waals surface area contributed by atoms with E-state index in [9.17, 15) is 0 Å². The number of rotatable bonds is 4. The molecule has 1 aliphatic heterocycles. The molecule has 1 unspecified atom stereocenters. The van der Waals surface area contributed by atoms with Gasteiger partial charge in [0.2, 0.25) is 0 Å². The third kappa shape index (κ3) is 2.70. The Bertz CT molecular complexity index is 606. The van der Waals surface area contributed by atoms with Gasteiger partial charge in [-0.3, -0.25) is 4.98 Å². The van der Waals surface area contributed by atoms with E-state index < -0.39 is 0 Å². The maximum absolute atomic E-state index is 6.02. The van der Waals surface area contributed by atoms with E-state index in [1.807, 2.05) is 25.3 Å². The van der Waals surface area contributed by atoms with Crippen molar-refractivity contribution in [2.24, 2.45) is 0 Å². The van der Waals surface area contributed by atoms with Crippen molar-refractivity contribution in [1.82, 2.24) is 4.98 Å². The second-order valence-electron chi connectivity index (χ2n) is 5.42. The lowest BCUT2D eigenvalue weighted by Gasteiger charge is -2.14. The Morgan fingerprint density at radius 3 is 3.10 bits per heavy atom. The van der Waals surface area contributed by atoms with Crippen LogP contribution >= 0.6 is 0 Å². The molecule has 2 aromatic rings. The second kappa shape index (κ2) is 5.67. The topological polar surface area (TPSA) is 60.2 Å². The van der Waals surface area contributed by atoms with Gasteiger partial charge in [-0.2, -0.15) is 0 Å². The standard InChI is InChI=1S/C16H21N3O/c1-11-9-13-14(10-19-11)15(17)4-5-16(13)18-7-6-12-3-2-8-20-12/h4-5,9-10,12,18H,2-3,6-8,17H2,1H3. The average Bonchev–Trinajstić information content (AvgIpc) is 2.94. The van der Waals surface area contributed by atoms with Crippen LogP contribution in [0.1, 0.15) is 25.0 Å². The molecule has 2 heterocycles. The molecule has 4 heteroatoms. The van der Waals surface area contributed by atoms with Gasteiger partial charge in [0.05, 0.1) is 6.10 Å². The van der Waals surface area contributed by atoms with Crippen LogP contribution in [0.25, 0.3) is 10.8 Å². The zero-order valence-electron chi connectivity index (χ0n) is 11.9. The average molecular weight is 271 g/mol. The first-order chi connectivity index (χ1) is 9.74. The summed E-state index contributed by atoms with van der Waals surface area (Å²) in [6, 6.07) is 6.07. The van der Waals surface area contributed by atoms with E-state index in [1.54, 1.807) is 0 Å². The highest BCUT2D eigenvalue weighted by molar-refractivity contribution is 6.00. The second-order valence-corrected chi connectivity index (χ2v) is 5.42. The summed E-state index contributed by atoms with van der Waals surface area (Å²) in [5, 5.41) is 5.66. The van der Waals surface area contributed by atoms with Gasteiger partial charge in [-0.05, 0) is 44.4 Å². The van der Waals surface area contributed by atoms with Gasteiger partial charge in [0, 0.05) is 47.2 Å². The quantitative estimate of drug-likeness (QED) is 0.839. The predicted molar refractivity (Wildman–Crippen MR) is 83.0 cm³/mol. The molecule has 1 saturated heterocycles. The molecule has 4 nitrogen and oxygen atoms in total. The number of pyridine rings is 1. The molecule has 0 bridgehead atoms. The molecular weight excluding hydrogens is 250 g/mol. The summed E-state index contributed by atoms with van der Waals surface area (Å²) in [6.45, 7) is 3.84. The van der Waals surface area contributed by atoms with Crippen molar-refractivity contribution in [2.75, 3.05) is 24.2 Å². The molecule has 0 spiro atoms. The van der Waals surface area contributed by atoms with Gasteiger partial charge < -0.3 is 15.8 Å². The third-order valence-electron chi connectivity index (χ3n) is 3.88. The molecule has 0 aliphatic carbocycles. The van der Waals surface area contributed by atoms with E-state index in [0.717, 1.165) is 47.4 Å². The van der Waals surface area contributed by atoms with Crippen LogP contribution in [0.2, 0.25) is 0 Å². The minimum atomic E-state index is 0.422. The number of ether oxygens (including phenoxy) is 1. The summed E-state index contributed by atoms with van der Waals surface area (Å²) in [5.41, 5.74) is 8.92. The zero-order valence-corrected chi connectivity index (χ0v) is 11.9. The predicted octanol–water partition coefficient (Wildman–Crippen LogP) is 3.11. The smallest absolute Gasteiger partial charge is 0.0592 e. The van der Waals surface area contributed by atoms with Crippen molar-refractivity contribution in [1.29, 1.82) is 0 Å². The Kier molecular flexibility index (Phi) is 3.74. The van der Waals surface area contributed by atoms with E-state index in [0.29, 0.717) is 6.10 Å². The first-order valence-electron chi connectivity index (χ1n) is 7.24. The van der Waals surface area contributed by atoms with Crippen LogP contribution in [0.5, 0.6) is 0 Å². The highest BCUT2D eigenvalue weighted by Gasteiger charge is 2.14. The fourth-order valence-electron chi connectivity index (χ4n) is 2.76. The van der Waals surface area contributed by atoms with Crippen molar-refractivity contribution in [3.8, 4) is 0 Å². The SMILES string of the molecule is Cc1cc2c(NCCC3CCCO3)ccc(N)c2cn1. The lowest BCUT2D eigenvalue weighted by molar-refractivity contribution is 0.107. The Labute approximate surface area is 119 Å². The highest BCUT2D eigenvalue weighted by Crippen LogP contribution is 2.28. The summed E-state index contributed by atoms with van der Waals surface area (Å²) in [5.74, 6) is 0. The van der Waals surface area contributed by atoms with Crippen molar-refractivity contribution >= 4 is 22.1 Å². The number of nitrogen functional groups attached to an aromatic ring is 1. The molecule has 1 fully saturated rings. The third-order valence-corrected chi connectivity index (χ3v) is 3.88. The van der Waals surface area contributed by atoms with Gasteiger partial charge >= 0.3 is 0 Å². The van der Waals surface area contributed by atoms with Crippen LogP contribution in [0.15, 0.2) is 24.4 Å². The summed E-state index contributed by atoms with van der Waals surface area (Å²) >= 11 is 0. The van der Waals surface area contributed by atoms with Crippen LogP contribution in [-0.2, 0) is 4.74 Å². The van der Waals surface area contributed by atoms with Crippen molar-refractivity contribution in [2.45, 2.75) is 32.3 Å². The normalized spacial score (nSPS) is 18.6. The Hall–Kier alpha value is -1.81. The molecule has 1 aromatic heterocycles. The summed E-state index contributed by atoms with van der Waals surface area (Å²) in [4.78, 5) is 4.32. The number of anilines is 2. The van der Waals surface area contributed by atoms with Crippen LogP contribution in [0.3, 0.4) is 0 Å². The van der Waals surface area contributed by atoms with E-state index in [1.165, 1.54) is 12.8 Å². The number of aryl methyl sites for hydroxylation is 1. The molecule has 0 radical (unpaired) electrons. The van der Waals surface area contributed by atoms with Crippen molar-refractivity contribution in [3.63, 3.8) is 0 Å². The van der Waals surface area contributed by atoms with Crippen molar-refractivity contribution < 1.29 is 4.74 Å². The molecule has 20 heavy (non-hydrogen) atoms. The fraction of sp³-hybridized carbons (Fsp3) is 0.438. The Morgan fingerprint density at radius 1 is 1.40 bits per heavy atom. The number of hydrogen-bond donors (Lipinski definition) is 2. The minimum Gasteiger partial charge on any atom is -0.398 e. The van der Waals surface area contributed by atoms with Gasteiger partial charge in [0.1, 0.15) is 0 Å². The maximum atomic E-state index is 6.02. The molecular formula is C16H21N3O. The van der Waals surface area contributed by atoms with E-state index in [2.05, 4.69) is 16.4 Å². The maximum Gasteiger partial charge on any atom is 0.0592 e. The van der Waals surface area contributed by atoms with Gasteiger partial charge in [-0.1, -0.05) is 0 Å². The molecule has 0 amide bonds. The molecule has 106 valence electrons. The zero-order chi connectivity index (χ0) is 13.9. The van der Waals surface area contributed by atoms with Crippen LogP contribution in [0, 0.1) is 6.92 Å². The molecule has 1 atom stereocenters. The fourth-order valence-corrected chi connectivity index (χ4v) is 2.76. The van der Waals surface area contributed by atoms with Crippen LogP contribution < -0.4 is 11.1 Å². The number of nitrogens with two attached hydrogens (primary N) is 1. The highest BCUT2D eigenvalue weighted by atomic mass is 16.5. The molecule has 1 aliphatic rings. The largest absolute Gasteiger partial charge is 0.398 e. The molecule has 0 saturated carbocycles. The lowest BCUT2D eigenvalue weighted by atomic mass is 10.1. The number of benzene rings is 1. The molecule has 3 N–H and O–H groups in total. The number of nitrogens with one attached hydrogen (secondary N) is 1. The number of hydrogen-bond acceptors (Lipinski definition) is 4. The first-order valence-corrected chi connectivity index (χ1v) is 7.24. The number of fused-ring (bicyclic) bond motifs is 1. The van der Waals surface area contributed by atoms with Crippen LogP contribution in [-0.4, -0.2) is 24.2 Å². The number of aromatic nitrogens is 1. The Balaban J connectivity index is 1.76. The van der Waals surface area contributed by atoms with Crippen molar-refractivity contribution in [3.05, 3.63) is 30.1 Å². The first kappa shape index (κ1) is 13.2. The molecule has 3 rings (SSSR count). The Morgan fingerprint density at radius 2 is 2.30 bits per heavy atom. The van der Waals surface area contributed by atoms with Gasteiger partial charge in [0.15, 0.2) is 0 Å². The van der Waals surface area contributed by atoms with E-state index >= 15 is 0 Å². The monoisotopic (exact) mass is 271 g/mol. The summed E-state index contributed by atoms with van der Waals surface area (Å²) < 4.78 is 5.65. The van der Waals surface area contributed by atoms with Gasteiger partial charge in [-0.15, -0.1) is 0 Å². The number of nitrogens with zero attached hydrogens (tertiary/aromatic N) is 1.